The third-order valence-electron chi connectivity index (χ3n) is 4.03. The molecule has 1 amide bonds. The zero-order chi connectivity index (χ0) is 18.7. The quantitative estimate of drug-likeness (QED) is 0.630. The fourth-order valence-electron chi connectivity index (χ4n) is 2.48. The minimum atomic E-state index is -3.39. The fourth-order valence-corrected chi connectivity index (χ4v) is 5.23. The molecule has 1 aromatic carbocycles. The highest BCUT2D eigenvalue weighted by Crippen LogP contribution is 2.40. The molecule has 0 saturated heterocycles. The average Bonchev–Trinajstić information content (AvgIpc) is 3.35. The lowest BCUT2D eigenvalue weighted by Gasteiger charge is -2.09. The molecule has 0 atom stereocenters. The van der Waals surface area contributed by atoms with Gasteiger partial charge in [-0.2, -0.15) is 0 Å². The molecule has 0 bridgehead atoms. The number of primary amides is 1. The van der Waals surface area contributed by atoms with Crippen LogP contribution in [0.2, 0.25) is 5.02 Å². The molecule has 2 aromatic rings. The molecule has 26 heavy (non-hydrogen) atoms. The predicted octanol–water partition coefficient (Wildman–Crippen LogP) is 2.25. The summed E-state index contributed by atoms with van der Waals surface area (Å²) >= 11 is 7.12. The number of hydrogen-bond donors (Lipinski definition) is 1. The maximum atomic E-state index is 12.4. The Hall–Kier alpha value is -1.58. The van der Waals surface area contributed by atoms with Crippen LogP contribution in [0.5, 0.6) is 0 Å². The molecule has 0 aliphatic heterocycles. The Morgan fingerprint density at radius 3 is 2.58 bits per heavy atom. The molecule has 1 aliphatic carbocycles. The van der Waals surface area contributed by atoms with Crippen molar-refractivity contribution in [1.29, 1.82) is 0 Å². The first-order chi connectivity index (χ1) is 12.4. The summed E-state index contributed by atoms with van der Waals surface area (Å²) in [6.45, 7) is 0.417. The van der Waals surface area contributed by atoms with E-state index in [-0.39, 0.29) is 23.0 Å². The summed E-state index contributed by atoms with van der Waals surface area (Å²) in [7, 11) is -3.39. The summed E-state index contributed by atoms with van der Waals surface area (Å²) in [4.78, 5) is 11.3. The number of halogens is 1. The second-order valence-electron chi connectivity index (χ2n) is 6.10. The third-order valence-corrected chi connectivity index (χ3v) is 7.24. The van der Waals surface area contributed by atoms with Crippen LogP contribution in [0.4, 0.5) is 0 Å². The van der Waals surface area contributed by atoms with E-state index < -0.39 is 9.84 Å². The zero-order valence-corrected chi connectivity index (χ0v) is 16.4. The van der Waals surface area contributed by atoms with Crippen LogP contribution in [0.15, 0.2) is 34.3 Å². The number of thioether (sulfide) groups is 1. The topological polar surface area (TPSA) is 108 Å². The Labute approximate surface area is 161 Å². The zero-order valence-electron chi connectivity index (χ0n) is 14.0. The number of nitrogens with zero attached hydrogens (tertiary/aromatic N) is 3. The summed E-state index contributed by atoms with van der Waals surface area (Å²) < 4.78 is 26.7. The highest BCUT2D eigenvalue weighted by atomic mass is 35.5. The van der Waals surface area contributed by atoms with Gasteiger partial charge in [0.2, 0.25) is 5.91 Å². The molecule has 7 nitrogen and oxygen atoms in total. The van der Waals surface area contributed by atoms with Crippen LogP contribution >= 0.6 is 23.4 Å². The van der Waals surface area contributed by atoms with Crippen LogP contribution < -0.4 is 5.73 Å². The molecule has 2 N–H and O–H groups in total. The van der Waals surface area contributed by atoms with Crippen LogP contribution in [-0.4, -0.2) is 40.6 Å². The van der Waals surface area contributed by atoms with E-state index in [0.717, 1.165) is 18.7 Å². The van der Waals surface area contributed by atoms with E-state index in [1.54, 1.807) is 12.1 Å². The SMILES string of the molecule is NC(=O)CCn1c(SCCS(=O)(=O)c2ccc(Cl)cc2)nnc1C1CC1. The highest BCUT2D eigenvalue weighted by Gasteiger charge is 2.30. The molecule has 1 fully saturated rings. The Bertz CT molecular complexity index is 893. The Morgan fingerprint density at radius 1 is 1.27 bits per heavy atom. The molecule has 1 aromatic heterocycles. The van der Waals surface area contributed by atoms with E-state index >= 15 is 0 Å². The minimum Gasteiger partial charge on any atom is -0.370 e. The van der Waals surface area contributed by atoms with Crippen LogP contribution in [0.3, 0.4) is 0 Å². The Balaban J connectivity index is 1.65. The molecule has 1 aliphatic rings. The van der Waals surface area contributed by atoms with Crippen LogP contribution in [0, 0.1) is 0 Å². The number of aromatic nitrogens is 3. The van der Waals surface area contributed by atoms with Gasteiger partial charge in [-0.1, -0.05) is 23.4 Å². The molecule has 10 heteroatoms. The van der Waals surface area contributed by atoms with Crippen LogP contribution in [-0.2, 0) is 21.2 Å². The van der Waals surface area contributed by atoms with Gasteiger partial charge in [-0.25, -0.2) is 8.42 Å². The number of nitrogens with two attached hydrogens (primary N) is 1. The number of amides is 1. The van der Waals surface area contributed by atoms with Crippen molar-refractivity contribution in [3.8, 4) is 0 Å². The van der Waals surface area contributed by atoms with Crippen molar-refractivity contribution in [2.75, 3.05) is 11.5 Å². The summed E-state index contributed by atoms with van der Waals surface area (Å²) in [5, 5.41) is 9.50. The number of carbonyl (C=O) groups excluding carboxylic acids is 1. The summed E-state index contributed by atoms with van der Waals surface area (Å²) in [6.07, 6.45) is 2.32. The minimum absolute atomic E-state index is 0.0270. The van der Waals surface area contributed by atoms with Gasteiger partial charge in [0.25, 0.3) is 0 Å². The maximum Gasteiger partial charge on any atom is 0.219 e. The highest BCUT2D eigenvalue weighted by molar-refractivity contribution is 8.00. The van der Waals surface area contributed by atoms with Gasteiger partial charge in [0.1, 0.15) is 5.82 Å². The molecule has 0 radical (unpaired) electrons. The molecular weight excluding hydrogens is 396 g/mol. The van der Waals surface area contributed by atoms with Gasteiger partial charge in [-0.3, -0.25) is 4.79 Å². The summed E-state index contributed by atoms with van der Waals surface area (Å²) in [6, 6.07) is 6.12. The summed E-state index contributed by atoms with van der Waals surface area (Å²) in [5.41, 5.74) is 5.24. The first-order valence-corrected chi connectivity index (χ1v) is 11.2. The van der Waals surface area contributed by atoms with E-state index in [2.05, 4.69) is 10.2 Å². The molecule has 3 rings (SSSR count). The lowest BCUT2D eigenvalue weighted by Crippen LogP contribution is -2.16. The van der Waals surface area contributed by atoms with E-state index in [4.69, 9.17) is 17.3 Å². The Morgan fingerprint density at radius 2 is 1.96 bits per heavy atom. The van der Waals surface area contributed by atoms with Gasteiger partial charge >= 0.3 is 0 Å². The van der Waals surface area contributed by atoms with E-state index in [1.807, 2.05) is 4.57 Å². The first kappa shape index (κ1) is 19.2. The molecule has 140 valence electrons. The van der Waals surface area contributed by atoms with E-state index in [9.17, 15) is 13.2 Å². The van der Waals surface area contributed by atoms with Gasteiger partial charge in [0.05, 0.1) is 10.6 Å². The van der Waals surface area contributed by atoms with Crippen LogP contribution in [0.1, 0.15) is 31.0 Å². The number of hydrogen-bond acceptors (Lipinski definition) is 6. The number of benzene rings is 1. The average molecular weight is 415 g/mol. The van der Waals surface area contributed by atoms with Crippen molar-refractivity contribution in [3.63, 3.8) is 0 Å². The number of sulfone groups is 1. The van der Waals surface area contributed by atoms with Crippen molar-refractivity contribution in [3.05, 3.63) is 35.1 Å². The van der Waals surface area contributed by atoms with Crippen molar-refractivity contribution >= 4 is 39.1 Å². The van der Waals surface area contributed by atoms with Gasteiger partial charge in [-0.15, -0.1) is 10.2 Å². The van der Waals surface area contributed by atoms with Crippen molar-refractivity contribution < 1.29 is 13.2 Å². The standard InChI is InChI=1S/C16H19ClN4O3S2/c17-12-3-5-13(6-4-12)26(23,24)10-9-25-16-20-19-15(11-1-2-11)21(16)8-7-14(18)22/h3-6,11H,1-2,7-10H2,(H2,18,22). The van der Waals surface area contributed by atoms with Gasteiger partial charge in [0, 0.05) is 29.7 Å². The second kappa shape index (κ2) is 7.98. The largest absolute Gasteiger partial charge is 0.370 e. The molecule has 1 heterocycles. The number of carbonyl (C=O) groups is 1. The first-order valence-electron chi connectivity index (χ1n) is 8.19. The molecule has 1 saturated carbocycles. The third kappa shape index (κ3) is 4.77. The monoisotopic (exact) mass is 414 g/mol. The second-order valence-corrected chi connectivity index (χ2v) is 9.71. The molecule has 0 spiro atoms. The van der Waals surface area contributed by atoms with Crippen molar-refractivity contribution in [2.24, 2.45) is 5.73 Å². The van der Waals surface area contributed by atoms with Crippen LogP contribution in [0.25, 0.3) is 0 Å². The van der Waals surface area contributed by atoms with E-state index in [0.29, 0.717) is 28.4 Å². The lowest BCUT2D eigenvalue weighted by atomic mass is 10.3. The van der Waals surface area contributed by atoms with Gasteiger partial charge in [0.15, 0.2) is 15.0 Å². The number of rotatable bonds is 9. The predicted molar refractivity (Wildman–Crippen MR) is 100 cm³/mol. The Kier molecular flexibility index (Phi) is 5.89. The van der Waals surface area contributed by atoms with E-state index in [1.165, 1.54) is 23.9 Å². The van der Waals surface area contributed by atoms with Gasteiger partial charge < -0.3 is 10.3 Å². The normalized spacial score (nSPS) is 14.5. The summed E-state index contributed by atoms with van der Waals surface area (Å²) in [5.74, 6) is 1.16. The maximum absolute atomic E-state index is 12.4. The van der Waals surface area contributed by atoms with Crippen molar-refractivity contribution in [2.45, 2.75) is 41.8 Å². The lowest BCUT2D eigenvalue weighted by molar-refractivity contribution is -0.118. The smallest absolute Gasteiger partial charge is 0.219 e. The molecule has 0 unspecified atom stereocenters. The fraction of sp³-hybridized carbons (Fsp3) is 0.438. The molecular formula is C16H19ClN4O3S2. The van der Waals surface area contributed by atoms with Gasteiger partial charge in [-0.05, 0) is 37.1 Å². The van der Waals surface area contributed by atoms with Crippen molar-refractivity contribution in [1.82, 2.24) is 14.8 Å².